The van der Waals surface area contributed by atoms with Crippen LogP contribution in [0.3, 0.4) is 0 Å². The number of aliphatic hydroxyl groups excluding tert-OH is 1. The largest absolute Gasteiger partial charge is 0.393 e. The van der Waals surface area contributed by atoms with Gasteiger partial charge in [-0.15, -0.1) is 0 Å². The first kappa shape index (κ1) is 10.7. The number of hydrogen-bond donors (Lipinski definition) is 2. The van der Waals surface area contributed by atoms with Gasteiger partial charge < -0.3 is 10.4 Å². The maximum Gasteiger partial charge on any atom is 0.0526 e. The molecule has 0 aliphatic rings. The van der Waals surface area contributed by atoms with Crippen LogP contribution in [-0.2, 0) is 0 Å². The molecule has 0 fully saturated rings. The van der Waals surface area contributed by atoms with E-state index in [1.54, 1.807) is 6.92 Å². The summed E-state index contributed by atoms with van der Waals surface area (Å²) in [5.41, 5.74) is 1.13. The van der Waals surface area contributed by atoms with E-state index in [0.717, 1.165) is 18.5 Å². The SMILES string of the molecule is C=C(C)CNC(C)CC(C)O. The van der Waals surface area contributed by atoms with Gasteiger partial charge in [0, 0.05) is 12.6 Å². The van der Waals surface area contributed by atoms with E-state index < -0.39 is 0 Å². The number of hydrogen-bond acceptors (Lipinski definition) is 2. The average molecular weight is 157 g/mol. The lowest BCUT2D eigenvalue weighted by atomic mass is 10.1. The van der Waals surface area contributed by atoms with Crippen molar-refractivity contribution in [2.45, 2.75) is 39.3 Å². The molecule has 0 spiro atoms. The molecule has 0 saturated heterocycles. The molecule has 0 aromatic rings. The van der Waals surface area contributed by atoms with Crippen LogP contribution >= 0.6 is 0 Å². The van der Waals surface area contributed by atoms with Gasteiger partial charge in [0.15, 0.2) is 0 Å². The predicted octanol–water partition coefficient (Wildman–Crippen LogP) is 1.31. The van der Waals surface area contributed by atoms with Gasteiger partial charge in [-0.05, 0) is 27.2 Å². The second kappa shape index (κ2) is 5.33. The maximum absolute atomic E-state index is 9.03. The lowest BCUT2D eigenvalue weighted by Gasteiger charge is -2.14. The number of nitrogens with one attached hydrogen (secondary N) is 1. The summed E-state index contributed by atoms with van der Waals surface area (Å²) in [6.07, 6.45) is 0.579. The summed E-state index contributed by atoms with van der Waals surface area (Å²) < 4.78 is 0. The third kappa shape index (κ3) is 7.56. The van der Waals surface area contributed by atoms with E-state index in [1.807, 2.05) is 6.92 Å². The van der Waals surface area contributed by atoms with Gasteiger partial charge in [0.25, 0.3) is 0 Å². The zero-order valence-corrected chi connectivity index (χ0v) is 7.72. The van der Waals surface area contributed by atoms with E-state index in [4.69, 9.17) is 5.11 Å². The second-order valence-electron chi connectivity index (χ2n) is 3.32. The lowest BCUT2D eigenvalue weighted by molar-refractivity contribution is 0.171. The van der Waals surface area contributed by atoms with Crippen molar-refractivity contribution < 1.29 is 5.11 Å². The van der Waals surface area contributed by atoms with E-state index >= 15 is 0 Å². The molecule has 0 amide bonds. The summed E-state index contributed by atoms with van der Waals surface area (Å²) in [6.45, 7) is 10.5. The molecule has 2 nitrogen and oxygen atoms in total. The van der Waals surface area contributed by atoms with Gasteiger partial charge in [0.2, 0.25) is 0 Å². The van der Waals surface area contributed by atoms with Gasteiger partial charge in [0.1, 0.15) is 0 Å². The lowest BCUT2D eigenvalue weighted by Crippen LogP contribution is -2.30. The van der Waals surface area contributed by atoms with Crippen LogP contribution in [0, 0.1) is 0 Å². The summed E-state index contributed by atoms with van der Waals surface area (Å²) in [7, 11) is 0. The minimum atomic E-state index is -0.220. The van der Waals surface area contributed by atoms with Gasteiger partial charge in [-0.1, -0.05) is 12.2 Å². The number of aliphatic hydroxyl groups is 1. The number of rotatable bonds is 5. The first-order valence-electron chi connectivity index (χ1n) is 4.08. The Bertz CT molecular complexity index is 121. The monoisotopic (exact) mass is 157 g/mol. The summed E-state index contributed by atoms with van der Waals surface area (Å²) in [4.78, 5) is 0. The molecule has 0 aliphatic carbocycles. The second-order valence-corrected chi connectivity index (χ2v) is 3.32. The molecule has 0 bridgehead atoms. The zero-order chi connectivity index (χ0) is 8.85. The first-order chi connectivity index (χ1) is 5.02. The van der Waals surface area contributed by atoms with E-state index in [2.05, 4.69) is 18.8 Å². The Hall–Kier alpha value is -0.340. The Morgan fingerprint density at radius 2 is 2.09 bits per heavy atom. The summed E-state index contributed by atoms with van der Waals surface area (Å²) >= 11 is 0. The van der Waals surface area contributed by atoms with Crippen LogP contribution in [0.4, 0.5) is 0 Å². The molecule has 0 radical (unpaired) electrons. The minimum absolute atomic E-state index is 0.220. The molecule has 2 unspecified atom stereocenters. The van der Waals surface area contributed by atoms with Crippen molar-refractivity contribution in [3.05, 3.63) is 12.2 Å². The van der Waals surface area contributed by atoms with Gasteiger partial charge in [-0.25, -0.2) is 0 Å². The molecule has 0 aromatic heterocycles. The quantitative estimate of drug-likeness (QED) is 0.590. The highest BCUT2D eigenvalue weighted by Crippen LogP contribution is 1.96. The summed E-state index contributed by atoms with van der Waals surface area (Å²) in [6, 6.07) is 0.367. The molecule has 0 heterocycles. The molecule has 0 aliphatic heterocycles. The van der Waals surface area contributed by atoms with Gasteiger partial charge in [-0.2, -0.15) is 0 Å². The van der Waals surface area contributed by atoms with Crippen LogP contribution in [-0.4, -0.2) is 23.8 Å². The standard InChI is InChI=1S/C9H19NO/c1-7(2)6-10-8(3)5-9(4)11/h8-11H,1,5-6H2,2-4H3. The highest BCUT2D eigenvalue weighted by atomic mass is 16.3. The molecule has 0 aromatic carbocycles. The predicted molar refractivity (Wildman–Crippen MR) is 48.6 cm³/mol. The van der Waals surface area contributed by atoms with E-state index in [9.17, 15) is 0 Å². The fourth-order valence-corrected chi connectivity index (χ4v) is 0.943. The molecule has 2 N–H and O–H groups in total. The Labute approximate surface area is 69.3 Å². The van der Waals surface area contributed by atoms with Crippen molar-refractivity contribution in [3.63, 3.8) is 0 Å². The van der Waals surface area contributed by atoms with Crippen molar-refractivity contribution in [2.75, 3.05) is 6.54 Å². The third-order valence-corrected chi connectivity index (χ3v) is 1.45. The first-order valence-corrected chi connectivity index (χ1v) is 4.08. The molecular weight excluding hydrogens is 138 g/mol. The van der Waals surface area contributed by atoms with Gasteiger partial charge >= 0.3 is 0 Å². The van der Waals surface area contributed by atoms with Crippen LogP contribution in [0.15, 0.2) is 12.2 Å². The average Bonchev–Trinajstić information content (AvgIpc) is 1.82. The Balaban J connectivity index is 3.37. The third-order valence-electron chi connectivity index (χ3n) is 1.45. The van der Waals surface area contributed by atoms with Crippen molar-refractivity contribution in [1.29, 1.82) is 0 Å². The topological polar surface area (TPSA) is 32.3 Å². The highest BCUT2D eigenvalue weighted by molar-refractivity contribution is 4.91. The maximum atomic E-state index is 9.03. The summed E-state index contributed by atoms with van der Waals surface area (Å²) in [5, 5.41) is 12.3. The zero-order valence-electron chi connectivity index (χ0n) is 7.72. The van der Waals surface area contributed by atoms with Crippen LogP contribution in [0.25, 0.3) is 0 Å². The Kier molecular flexibility index (Phi) is 5.16. The van der Waals surface area contributed by atoms with Gasteiger partial charge in [-0.3, -0.25) is 0 Å². The van der Waals surface area contributed by atoms with E-state index in [-0.39, 0.29) is 6.10 Å². The highest BCUT2D eigenvalue weighted by Gasteiger charge is 2.03. The van der Waals surface area contributed by atoms with Crippen LogP contribution in [0.5, 0.6) is 0 Å². The Morgan fingerprint density at radius 1 is 1.55 bits per heavy atom. The molecule has 0 rings (SSSR count). The van der Waals surface area contributed by atoms with E-state index in [0.29, 0.717) is 6.04 Å². The molecule has 11 heavy (non-hydrogen) atoms. The summed E-state index contributed by atoms with van der Waals surface area (Å²) in [5.74, 6) is 0. The van der Waals surface area contributed by atoms with Crippen molar-refractivity contribution in [1.82, 2.24) is 5.32 Å². The fourth-order valence-electron chi connectivity index (χ4n) is 0.943. The van der Waals surface area contributed by atoms with Crippen molar-refractivity contribution >= 4 is 0 Å². The van der Waals surface area contributed by atoms with Gasteiger partial charge in [0.05, 0.1) is 6.10 Å². The van der Waals surface area contributed by atoms with Crippen molar-refractivity contribution in [3.8, 4) is 0 Å². The molecule has 66 valence electrons. The molecule has 2 heteroatoms. The van der Waals surface area contributed by atoms with Crippen molar-refractivity contribution in [2.24, 2.45) is 0 Å². The molecule has 2 atom stereocenters. The fraction of sp³-hybridized carbons (Fsp3) is 0.778. The van der Waals surface area contributed by atoms with Crippen LogP contribution in [0.2, 0.25) is 0 Å². The minimum Gasteiger partial charge on any atom is -0.393 e. The molecular formula is C9H19NO. The molecule has 0 saturated carbocycles. The normalized spacial score (nSPS) is 16.0. The van der Waals surface area contributed by atoms with E-state index in [1.165, 1.54) is 0 Å². The smallest absolute Gasteiger partial charge is 0.0526 e. The van der Waals surface area contributed by atoms with Crippen LogP contribution in [0.1, 0.15) is 27.2 Å². The Morgan fingerprint density at radius 3 is 2.45 bits per heavy atom. The van der Waals surface area contributed by atoms with Crippen LogP contribution < -0.4 is 5.32 Å².